The van der Waals surface area contributed by atoms with Gasteiger partial charge in [-0.1, -0.05) is 27.2 Å². The molecule has 0 aliphatic carbocycles. The van der Waals surface area contributed by atoms with Crippen molar-refractivity contribution < 1.29 is 9.59 Å². The van der Waals surface area contributed by atoms with Crippen molar-refractivity contribution in [3.8, 4) is 0 Å². The molecule has 0 unspecified atom stereocenters. The first-order valence-electron chi connectivity index (χ1n) is 7.44. The molecular weight excluding hydrogens is 298 g/mol. The predicted octanol–water partition coefficient (Wildman–Crippen LogP) is 3.28. The summed E-state index contributed by atoms with van der Waals surface area (Å²) in [5, 5.41) is 8.66. The lowest BCUT2D eigenvalue weighted by Gasteiger charge is -2.11. The van der Waals surface area contributed by atoms with E-state index in [-0.39, 0.29) is 22.8 Å². The molecule has 0 aliphatic heterocycles. The smallest absolute Gasteiger partial charge is 0.226 e. The molecule has 22 heavy (non-hydrogen) atoms. The molecule has 0 bridgehead atoms. The SMILES string of the molecule is CCCCC(=O)NC(=S)Nc1ccc(NC(=O)C(C)C)cc1. The molecule has 1 aromatic rings. The summed E-state index contributed by atoms with van der Waals surface area (Å²) in [5.74, 6) is -0.178. The zero-order chi connectivity index (χ0) is 16.5. The molecule has 6 heteroatoms. The fourth-order valence-electron chi connectivity index (χ4n) is 1.61. The van der Waals surface area contributed by atoms with Crippen LogP contribution in [0.15, 0.2) is 24.3 Å². The average molecular weight is 321 g/mol. The molecule has 0 aromatic heterocycles. The Balaban J connectivity index is 2.48. The van der Waals surface area contributed by atoms with Gasteiger partial charge in [0.2, 0.25) is 11.8 Å². The second-order valence-electron chi connectivity index (χ2n) is 5.33. The van der Waals surface area contributed by atoms with Crippen LogP contribution in [0.5, 0.6) is 0 Å². The van der Waals surface area contributed by atoms with Gasteiger partial charge in [0.05, 0.1) is 0 Å². The standard InChI is InChI=1S/C16H23N3O2S/c1-4-5-6-14(20)19-16(22)18-13-9-7-12(8-10-13)17-15(21)11(2)3/h7-11H,4-6H2,1-3H3,(H,17,21)(H2,18,19,20,22). The molecule has 5 nitrogen and oxygen atoms in total. The largest absolute Gasteiger partial charge is 0.332 e. The fraction of sp³-hybridized carbons (Fsp3) is 0.438. The summed E-state index contributed by atoms with van der Waals surface area (Å²) in [6.07, 6.45) is 2.29. The summed E-state index contributed by atoms with van der Waals surface area (Å²) in [6.45, 7) is 5.71. The van der Waals surface area contributed by atoms with E-state index < -0.39 is 0 Å². The van der Waals surface area contributed by atoms with Crippen molar-refractivity contribution in [3.05, 3.63) is 24.3 Å². The minimum absolute atomic E-state index is 0.0283. The van der Waals surface area contributed by atoms with Crippen LogP contribution in [0.2, 0.25) is 0 Å². The maximum Gasteiger partial charge on any atom is 0.226 e. The van der Waals surface area contributed by atoms with Gasteiger partial charge in [-0.05, 0) is 42.9 Å². The molecule has 0 spiro atoms. The van der Waals surface area contributed by atoms with Crippen LogP contribution in [0.1, 0.15) is 40.0 Å². The second kappa shape index (κ2) is 9.15. The van der Waals surface area contributed by atoms with Crippen LogP contribution in [0.4, 0.5) is 11.4 Å². The van der Waals surface area contributed by atoms with Gasteiger partial charge in [-0.15, -0.1) is 0 Å². The van der Waals surface area contributed by atoms with Crippen molar-refractivity contribution in [1.29, 1.82) is 0 Å². The number of hydrogen-bond donors (Lipinski definition) is 3. The van der Waals surface area contributed by atoms with E-state index in [1.54, 1.807) is 24.3 Å². The van der Waals surface area contributed by atoms with Gasteiger partial charge in [0.1, 0.15) is 0 Å². The molecule has 0 atom stereocenters. The normalized spacial score (nSPS) is 10.2. The van der Waals surface area contributed by atoms with Gasteiger partial charge in [0.15, 0.2) is 5.11 Å². The Morgan fingerprint density at radius 3 is 2.14 bits per heavy atom. The Morgan fingerprint density at radius 2 is 1.64 bits per heavy atom. The number of nitrogens with one attached hydrogen (secondary N) is 3. The summed E-state index contributed by atoms with van der Waals surface area (Å²) in [6, 6.07) is 7.15. The highest BCUT2D eigenvalue weighted by atomic mass is 32.1. The lowest BCUT2D eigenvalue weighted by atomic mass is 10.2. The van der Waals surface area contributed by atoms with Gasteiger partial charge < -0.3 is 16.0 Å². The third kappa shape index (κ3) is 6.67. The van der Waals surface area contributed by atoms with Crippen LogP contribution in [0.25, 0.3) is 0 Å². The summed E-state index contributed by atoms with van der Waals surface area (Å²) in [4.78, 5) is 23.1. The summed E-state index contributed by atoms with van der Waals surface area (Å²) in [7, 11) is 0. The van der Waals surface area contributed by atoms with E-state index in [1.165, 1.54) is 0 Å². The average Bonchev–Trinajstić information content (AvgIpc) is 2.46. The highest BCUT2D eigenvalue weighted by Gasteiger charge is 2.07. The molecule has 3 N–H and O–H groups in total. The molecule has 0 heterocycles. The first-order valence-corrected chi connectivity index (χ1v) is 7.85. The molecule has 0 saturated heterocycles. The number of unbranched alkanes of at least 4 members (excludes halogenated alkanes) is 1. The lowest BCUT2D eigenvalue weighted by Crippen LogP contribution is -2.33. The Kier molecular flexibility index (Phi) is 7.52. The second-order valence-corrected chi connectivity index (χ2v) is 5.74. The molecule has 1 rings (SSSR count). The van der Waals surface area contributed by atoms with Gasteiger partial charge in [0.25, 0.3) is 0 Å². The third-order valence-electron chi connectivity index (χ3n) is 2.95. The van der Waals surface area contributed by atoms with Crippen LogP contribution in [0, 0.1) is 5.92 Å². The zero-order valence-electron chi connectivity index (χ0n) is 13.2. The number of carbonyl (C=O) groups excluding carboxylic acids is 2. The van der Waals surface area contributed by atoms with E-state index in [0.717, 1.165) is 24.2 Å². The number of rotatable bonds is 6. The molecule has 0 radical (unpaired) electrons. The first kappa shape index (κ1) is 18.1. The highest BCUT2D eigenvalue weighted by molar-refractivity contribution is 7.80. The number of carbonyl (C=O) groups is 2. The van der Waals surface area contributed by atoms with Gasteiger partial charge >= 0.3 is 0 Å². The number of hydrogen-bond acceptors (Lipinski definition) is 3. The van der Waals surface area contributed by atoms with Crippen LogP contribution < -0.4 is 16.0 Å². The summed E-state index contributed by atoms with van der Waals surface area (Å²) < 4.78 is 0. The van der Waals surface area contributed by atoms with Crippen molar-refractivity contribution in [1.82, 2.24) is 5.32 Å². The van der Waals surface area contributed by atoms with Crippen molar-refractivity contribution in [2.45, 2.75) is 40.0 Å². The molecule has 1 aromatic carbocycles. The molecule has 120 valence electrons. The van der Waals surface area contributed by atoms with Crippen molar-refractivity contribution in [2.75, 3.05) is 10.6 Å². The number of benzene rings is 1. The molecular formula is C16H23N3O2S. The Morgan fingerprint density at radius 1 is 1.09 bits per heavy atom. The van der Waals surface area contributed by atoms with Crippen molar-refractivity contribution in [2.24, 2.45) is 5.92 Å². The Bertz CT molecular complexity index is 527. The van der Waals surface area contributed by atoms with Gasteiger partial charge in [-0.2, -0.15) is 0 Å². The van der Waals surface area contributed by atoms with E-state index in [2.05, 4.69) is 16.0 Å². The van der Waals surface area contributed by atoms with Crippen LogP contribution in [-0.4, -0.2) is 16.9 Å². The monoisotopic (exact) mass is 321 g/mol. The minimum Gasteiger partial charge on any atom is -0.332 e. The van der Waals surface area contributed by atoms with E-state index in [1.807, 2.05) is 20.8 Å². The fourth-order valence-corrected chi connectivity index (χ4v) is 1.84. The number of thiocarbonyl (C=S) groups is 1. The van der Waals surface area contributed by atoms with Gasteiger partial charge in [-0.3, -0.25) is 9.59 Å². The maximum absolute atomic E-state index is 11.6. The molecule has 0 fully saturated rings. The van der Waals surface area contributed by atoms with Crippen LogP contribution in [0.3, 0.4) is 0 Å². The van der Waals surface area contributed by atoms with Crippen LogP contribution >= 0.6 is 12.2 Å². The molecule has 2 amide bonds. The Hall–Kier alpha value is -1.95. The van der Waals surface area contributed by atoms with Crippen molar-refractivity contribution >= 4 is 40.5 Å². The molecule has 0 saturated carbocycles. The predicted molar refractivity (Wildman–Crippen MR) is 93.8 cm³/mol. The van der Waals surface area contributed by atoms with E-state index >= 15 is 0 Å². The minimum atomic E-state index is -0.0832. The van der Waals surface area contributed by atoms with Crippen molar-refractivity contribution in [3.63, 3.8) is 0 Å². The van der Waals surface area contributed by atoms with Gasteiger partial charge in [-0.25, -0.2) is 0 Å². The number of amides is 2. The topological polar surface area (TPSA) is 70.2 Å². The quantitative estimate of drug-likeness (QED) is 0.703. The first-order chi connectivity index (χ1) is 10.4. The van der Waals surface area contributed by atoms with E-state index in [4.69, 9.17) is 12.2 Å². The summed E-state index contributed by atoms with van der Waals surface area (Å²) >= 11 is 5.09. The maximum atomic E-state index is 11.6. The third-order valence-corrected chi connectivity index (χ3v) is 3.15. The van der Waals surface area contributed by atoms with E-state index in [0.29, 0.717) is 6.42 Å². The Labute approximate surface area is 136 Å². The van der Waals surface area contributed by atoms with E-state index in [9.17, 15) is 9.59 Å². The highest BCUT2D eigenvalue weighted by Crippen LogP contribution is 2.14. The summed E-state index contributed by atoms with van der Waals surface area (Å²) in [5.41, 5.74) is 1.48. The molecule has 0 aliphatic rings. The number of anilines is 2. The van der Waals surface area contributed by atoms with Crippen LogP contribution in [-0.2, 0) is 9.59 Å². The zero-order valence-corrected chi connectivity index (χ0v) is 14.0. The van der Waals surface area contributed by atoms with Gasteiger partial charge in [0, 0.05) is 23.7 Å². The lowest BCUT2D eigenvalue weighted by molar-refractivity contribution is -0.120.